The topological polar surface area (TPSA) is 139 Å². The standard InChI is InChI=1S/C24H28O10/c1-13-7-9-23(20(27)30-3)17(5-6-18(33-14(2)25)24(23,29)21(28)31-4)22(13)11-16(34-19(22)26)15-8-10-32-12-15/h7-8,10,12,16-18,29H,5-6,9,11H2,1-4H3/t16-,17+,18+,22+,23+,24+/m1/s1. The second-order valence-electron chi connectivity index (χ2n) is 9.17. The summed E-state index contributed by atoms with van der Waals surface area (Å²) in [6, 6.07) is 1.69. The highest BCUT2D eigenvalue weighted by Gasteiger charge is 2.78. The van der Waals surface area contributed by atoms with Gasteiger partial charge in [-0.2, -0.15) is 0 Å². The van der Waals surface area contributed by atoms with Crippen LogP contribution in [0.3, 0.4) is 0 Å². The largest absolute Gasteiger partial charge is 0.472 e. The summed E-state index contributed by atoms with van der Waals surface area (Å²) in [7, 11) is 2.21. The van der Waals surface area contributed by atoms with Crippen LogP contribution in [0.5, 0.6) is 0 Å². The Balaban J connectivity index is 1.93. The SMILES string of the molecule is COC(=O)[C@@]1(O)[C@@H](OC(C)=O)CC[C@H]2[C@]3(C[C@H](c4ccoc4)OC3=O)C(C)=CC[C@@]21C(=O)OC. The van der Waals surface area contributed by atoms with E-state index in [2.05, 4.69) is 0 Å². The molecule has 4 rings (SSSR count). The Morgan fingerprint density at radius 2 is 1.85 bits per heavy atom. The van der Waals surface area contributed by atoms with Gasteiger partial charge in [0.25, 0.3) is 0 Å². The molecule has 1 spiro atoms. The molecule has 0 bridgehead atoms. The summed E-state index contributed by atoms with van der Waals surface area (Å²) >= 11 is 0. The summed E-state index contributed by atoms with van der Waals surface area (Å²) in [4.78, 5) is 52.1. The molecule has 1 saturated carbocycles. The maximum atomic E-state index is 13.6. The van der Waals surface area contributed by atoms with Crippen LogP contribution in [0.2, 0.25) is 0 Å². The van der Waals surface area contributed by atoms with Crippen molar-refractivity contribution in [2.45, 2.75) is 57.3 Å². The van der Waals surface area contributed by atoms with Crippen LogP contribution in [0.15, 0.2) is 34.7 Å². The molecule has 1 saturated heterocycles. The van der Waals surface area contributed by atoms with E-state index in [1.807, 2.05) is 0 Å². The lowest BCUT2D eigenvalue weighted by atomic mass is 9.44. The lowest BCUT2D eigenvalue weighted by Crippen LogP contribution is -2.73. The van der Waals surface area contributed by atoms with E-state index in [1.165, 1.54) is 12.5 Å². The first kappa shape index (κ1) is 24.0. The molecule has 2 fully saturated rings. The third-order valence-electron chi connectivity index (χ3n) is 7.88. The van der Waals surface area contributed by atoms with Crippen molar-refractivity contribution in [1.82, 2.24) is 0 Å². The van der Waals surface area contributed by atoms with Crippen LogP contribution in [-0.2, 0) is 38.1 Å². The predicted molar refractivity (Wildman–Crippen MR) is 113 cm³/mol. The summed E-state index contributed by atoms with van der Waals surface area (Å²) < 4.78 is 26.3. The Morgan fingerprint density at radius 1 is 1.15 bits per heavy atom. The van der Waals surface area contributed by atoms with Gasteiger partial charge in [-0.25, -0.2) is 4.79 Å². The minimum atomic E-state index is -2.60. The van der Waals surface area contributed by atoms with Gasteiger partial charge in [-0.3, -0.25) is 14.4 Å². The monoisotopic (exact) mass is 476 g/mol. The zero-order chi connectivity index (χ0) is 24.9. The Labute approximate surface area is 196 Å². The summed E-state index contributed by atoms with van der Waals surface area (Å²) in [6.07, 6.45) is 2.84. The van der Waals surface area contributed by atoms with E-state index in [9.17, 15) is 24.3 Å². The molecular weight excluding hydrogens is 448 g/mol. The summed E-state index contributed by atoms with van der Waals surface area (Å²) in [5.74, 6) is -4.23. The average molecular weight is 476 g/mol. The quantitative estimate of drug-likeness (QED) is 0.390. The molecule has 10 heteroatoms. The number of ether oxygens (including phenoxy) is 4. The number of allylic oxidation sites excluding steroid dienone is 1. The fourth-order valence-corrected chi connectivity index (χ4v) is 6.34. The Hall–Kier alpha value is -3.14. The fraction of sp³-hybridized carbons (Fsp3) is 0.583. The zero-order valence-electron chi connectivity index (χ0n) is 19.5. The molecule has 1 aromatic heterocycles. The molecule has 0 unspecified atom stereocenters. The number of furan rings is 1. The minimum absolute atomic E-state index is 0.0211. The zero-order valence-corrected chi connectivity index (χ0v) is 19.5. The molecule has 10 nitrogen and oxygen atoms in total. The predicted octanol–water partition coefficient (Wildman–Crippen LogP) is 2.01. The minimum Gasteiger partial charge on any atom is -0.472 e. The smallest absolute Gasteiger partial charge is 0.343 e. The van der Waals surface area contributed by atoms with E-state index >= 15 is 0 Å². The molecule has 6 atom stereocenters. The van der Waals surface area contributed by atoms with E-state index in [0.717, 1.165) is 21.1 Å². The first-order valence-corrected chi connectivity index (χ1v) is 11.1. The molecule has 0 radical (unpaired) electrons. The number of fused-ring (bicyclic) bond motifs is 2. The second kappa shape index (κ2) is 8.26. The van der Waals surface area contributed by atoms with Gasteiger partial charge in [0, 0.05) is 18.9 Å². The average Bonchev–Trinajstić information content (AvgIpc) is 3.46. The number of aliphatic hydroxyl groups is 1. The lowest BCUT2D eigenvalue weighted by molar-refractivity contribution is -0.247. The number of carbonyl (C=O) groups is 4. The highest BCUT2D eigenvalue weighted by Crippen LogP contribution is 2.67. The van der Waals surface area contributed by atoms with Crippen molar-refractivity contribution >= 4 is 23.9 Å². The Morgan fingerprint density at radius 3 is 2.44 bits per heavy atom. The van der Waals surface area contributed by atoms with Crippen molar-refractivity contribution < 1.29 is 47.6 Å². The van der Waals surface area contributed by atoms with Crippen LogP contribution in [-0.4, -0.2) is 54.9 Å². The van der Waals surface area contributed by atoms with Crippen molar-refractivity contribution in [3.63, 3.8) is 0 Å². The van der Waals surface area contributed by atoms with Gasteiger partial charge < -0.3 is 28.5 Å². The van der Waals surface area contributed by atoms with Gasteiger partial charge in [-0.1, -0.05) is 11.6 Å². The van der Waals surface area contributed by atoms with E-state index < -0.39 is 58.4 Å². The van der Waals surface area contributed by atoms with Gasteiger partial charge in [0.2, 0.25) is 5.60 Å². The molecule has 2 heterocycles. The molecular formula is C24H28O10. The van der Waals surface area contributed by atoms with Crippen LogP contribution in [0, 0.1) is 16.7 Å². The fourth-order valence-electron chi connectivity index (χ4n) is 6.34. The van der Waals surface area contributed by atoms with Crippen molar-refractivity contribution in [3.8, 4) is 0 Å². The number of methoxy groups -OCH3 is 2. The number of hydrogen-bond donors (Lipinski definition) is 1. The maximum absolute atomic E-state index is 13.6. The van der Waals surface area contributed by atoms with E-state index in [-0.39, 0.29) is 25.7 Å². The number of esters is 4. The van der Waals surface area contributed by atoms with Crippen LogP contribution < -0.4 is 0 Å². The molecule has 3 aliphatic rings. The van der Waals surface area contributed by atoms with Crippen LogP contribution in [0.25, 0.3) is 0 Å². The van der Waals surface area contributed by atoms with Gasteiger partial charge >= 0.3 is 23.9 Å². The maximum Gasteiger partial charge on any atom is 0.343 e. The molecule has 1 aromatic rings. The van der Waals surface area contributed by atoms with E-state index in [1.54, 1.807) is 19.1 Å². The first-order valence-electron chi connectivity index (χ1n) is 11.1. The van der Waals surface area contributed by atoms with Gasteiger partial charge in [0.05, 0.1) is 32.2 Å². The van der Waals surface area contributed by atoms with Gasteiger partial charge in [0.1, 0.15) is 17.6 Å². The van der Waals surface area contributed by atoms with Crippen molar-refractivity contribution in [2.24, 2.45) is 16.7 Å². The van der Waals surface area contributed by atoms with Crippen LogP contribution >= 0.6 is 0 Å². The van der Waals surface area contributed by atoms with Crippen molar-refractivity contribution in [3.05, 3.63) is 35.8 Å². The number of carbonyl (C=O) groups excluding carboxylic acids is 4. The summed E-state index contributed by atoms with van der Waals surface area (Å²) in [5, 5.41) is 12.0. The lowest BCUT2D eigenvalue weighted by Gasteiger charge is -2.58. The number of rotatable bonds is 4. The highest BCUT2D eigenvalue weighted by atomic mass is 16.6. The Bertz CT molecular complexity index is 1040. The summed E-state index contributed by atoms with van der Waals surface area (Å²) in [6.45, 7) is 2.92. The van der Waals surface area contributed by atoms with Crippen LogP contribution in [0.4, 0.5) is 0 Å². The van der Waals surface area contributed by atoms with Crippen molar-refractivity contribution in [1.29, 1.82) is 0 Å². The van der Waals surface area contributed by atoms with Gasteiger partial charge in [-0.15, -0.1) is 0 Å². The molecule has 1 aliphatic heterocycles. The molecule has 0 amide bonds. The second-order valence-corrected chi connectivity index (χ2v) is 9.17. The third kappa shape index (κ3) is 2.97. The number of hydrogen-bond acceptors (Lipinski definition) is 10. The highest BCUT2D eigenvalue weighted by molar-refractivity contribution is 5.95. The van der Waals surface area contributed by atoms with Gasteiger partial charge in [-0.05, 0) is 38.2 Å². The van der Waals surface area contributed by atoms with E-state index in [0.29, 0.717) is 11.1 Å². The molecule has 0 aromatic carbocycles. The Kier molecular flexibility index (Phi) is 5.83. The van der Waals surface area contributed by atoms with Crippen LogP contribution in [0.1, 0.15) is 51.2 Å². The molecule has 34 heavy (non-hydrogen) atoms. The summed E-state index contributed by atoms with van der Waals surface area (Å²) in [5.41, 5.74) is -4.55. The van der Waals surface area contributed by atoms with Crippen molar-refractivity contribution in [2.75, 3.05) is 14.2 Å². The number of cyclic esters (lactones) is 1. The normalized spacial score (nSPS) is 36.8. The van der Waals surface area contributed by atoms with E-state index in [4.69, 9.17) is 23.4 Å². The third-order valence-corrected chi connectivity index (χ3v) is 7.88. The first-order chi connectivity index (χ1) is 16.1. The molecule has 184 valence electrons. The van der Waals surface area contributed by atoms with Gasteiger partial charge in [0.15, 0.2) is 0 Å². The molecule has 2 aliphatic carbocycles. The molecule has 1 N–H and O–H groups in total.